The largest absolute Gasteiger partial charge is 0.379 e. The van der Waals surface area contributed by atoms with Crippen molar-refractivity contribution < 1.29 is 17.9 Å². The highest BCUT2D eigenvalue weighted by atomic mass is 32.2. The number of rotatable bonds is 3. The summed E-state index contributed by atoms with van der Waals surface area (Å²) < 4.78 is 32.8. The number of sulfonamides is 1. The highest BCUT2D eigenvalue weighted by Gasteiger charge is 2.28. The summed E-state index contributed by atoms with van der Waals surface area (Å²) in [6, 6.07) is 22.6. The zero-order valence-corrected chi connectivity index (χ0v) is 18.4. The second-order valence-electron chi connectivity index (χ2n) is 8.02. The van der Waals surface area contributed by atoms with Crippen LogP contribution in [-0.2, 0) is 27.8 Å². The van der Waals surface area contributed by atoms with Gasteiger partial charge in [-0.05, 0) is 40.5 Å². The molecule has 0 radical (unpaired) electrons. The Morgan fingerprint density at radius 2 is 1.38 bits per heavy atom. The highest BCUT2D eigenvalue weighted by molar-refractivity contribution is 7.89. The number of carbonyl (C=O) groups excluding carboxylic acids is 1. The number of nitrogens with zero attached hydrogens (tertiary/aromatic N) is 2. The van der Waals surface area contributed by atoms with E-state index in [0.29, 0.717) is 45.0 Å². The molecule has 2 heterocycles. The van der Waals surface area contributed by atoms with E-state index in [-0.39, 0.29) is 10.8 Å². The van der Waals surface area contributed by atoms with Crippen LogP contribution in [0.2, 0.25) is 0 Å². The third-order valence-electron chi connectivity index (χ3n) is 6.02. The van der Waals surface area contributed by atoms with Crippen LogP contribution >= 0.6 is 0 Å². The van der Waals surface area contributed by atoms with Crippen LogP contribution in [0.25, 0.3) is 11.1 Å². The molecule has 1 fully saturated rings. The van der Waals surface area contributed by atoms with E-state index >= 15 is 0 Å². The predicted octanol–water partition coefficient (Wildman–Crippen LogP) is 3.53. The van der Waals surface area contributed by atoms with Crippen molar-refractivity contribution in [1.29, 1.82) is 0 Å². The van der Waals surface area contributed by atoms with E-state index < -0.39 is 10.0 Å². The summed E-state index contributed by atoms with van der Waals surface area (Å²) >= 11 is 0. The van der Waals surface area contributed by atoms with Gasteiger partial charge in [-0.25, -0.2) is 8.42 Å². The van der Waals surface area contributed by atoms with E-state index in [1.807, 2.05) is 36.4 Å². The minimum absolute atomic E-state index is 0.140. The third kappa shape index (κ3) is 3.83. The molecule has 2 aliphatic rings. The number of fused-ring (bicyclic) bond motifs is 3. The maximum absolute atomic E-state index is 13.5. The molecule has 5 rings (SSSR count). The molecule has 1 saturated heterocycles. The Balaban J connectivity index is 1.48. The monoisotopic (exact) mass is 448 g/mol. The van der Waals surface area contributed by atoms with E-state index in [9.17, 15) is 13.2 Å². The summed E-state index contributed by atoms with van der Waals surface area (Å²) in [4.78, 5) is 15.4. The van der Waals surface area contributed by atoms with Crippen molar-refractivity contribution in [1.82, 2.24) is 9.21 Å². The maximum atomic E-state index is 13.5. The van der Waals surface area contributed by atoms with Gasteiger partial charge in [0.05, 0.1) is 18.1 Å². The molecule has 32 heavy (non-hydrogen) atoms. The molecule has 3 aromatic rings. The maximum Gasteiger partial charge on any atom is 0.254 e. The molecule has 0 saturated carbocycles. The van der Waals surface area contributed by atoms with Gasteiger partial charge in [-0.1, -0.05) is 54.6 Å². The summed E-state index contributed by atoms with van der Waals surface area (Å²) in [7, 11) is -3.67. The van der Waals surface area contributed by atoms with Crippen molar-refractivity contribution in [3.8, 4) is 11.1 Å². The molecule has 164 valence electrons. The molecule has 0 N–H and O–H groups in total. The lowest BCUT2D eigenvalue weighted by Gasteiger charge is -2.26. The highest BCUT2D eigenvalue weighted by Crippen LogP contribution is 2.33. The smallest absolute Gasteiger partial charge is 0.254 e. The number of benzene rings is 3. The van der Waals surface area contributed by atoms with Gasteiger partial charge in [0.1, 0.15) is 0 Å². The fourth-order valence-electron chi connectivity index (χ4n) is 4.36. The van der Waals surface area contributed by atoms with Crippen molar-refractivity contribution in [3.05, 3.63) is 89.5 Å². The zero-order valence-electron chi connectivity index (χ0n) is 17.6. The summed E-state index contributed by atoms with van der Waals surface area (Å²) in [5.41, 5.74) is 4.77. The Hall–Kier alpha value is -3.00. The summed E-state index contributed by atoms with van der Waals surface area (Å²) in [5, 5.41) is 0. The molecule has 0 bridgehead atoms. The Morgan fingerprint density at radius 1 is 0.781 bits per heavy atom. The number of ether oxygens (including phenoxy) is 1. The van der Waals surface area contributed by atoms with Crippen molar-refractivity contribution in [2.24, 2.45) is 0 Å². The SMILES string of the molecule is O=C(c1cccc(S(=O)(=O)N2CCOCC2)c1)N1Cc2ccccc2-c2ccccc2C1. The quantitative estimate of drug-likeness (QED) is 0.615. The van der Waals surface area contributed by atoms with Crippen LogP contribution in [0.4, 0.5) is 0 Å². The predicted molar refractivity (Wildman–Crippen MR) is 121 cm³/mol. The Kier molecular flexibility index (Phi) is 5.55. The van der Waals surface area contributed by atoms with Gasteiger partial charge in [-0.2, -0.15) is 4.31 Å². The molecule has 0 aliphatic carbocycles. The Labute approximate surface area is 188 Å². The minimum atomic E-state index is -3.67. The van der Waals surface area contributed by atoms with Crippen LogP contribution in [0.3, 0.4) is 0 Å². The standard InChI is InChI=1S/C25H24N2O4S/c28-25(19-8-5-9-22(16-19)32(29,30)27-12-14-31-15-13-27)26-17-20-6-1-3-10-23(20)24-11-4-2-7-21(24)18-26/h1-11,16H,12-15,17-18H2. The Morgan fingerprint density at radius 3 is 2.00 bits per heavy atom. The van der Waals surface area contributed by atoms with Gasteiger partial charge < -0.3 is 9.64 Å². The first-order valence-corrected chi connectivity index (χ1v) is 12.1. The van der Waals surface area contributed by atoms with Crippen LogP contribution in [0.1, 0.15) is 21.5 Å². The second-order valence-corrected chi connectivity index (χ2v) is 9.96. The van der Waals surface area contributed by atoms with Gasteiger partial charge >= 0.3 is 0 Å². The van der Waals surface area contributed by atoms with Gasteiger partial charge in [-0.15, -0.1) is 0 Å². The van der Waals surface area contributed by atoms with Gasteiger partial charge in [0, 0.05) is 31.7 Å². The lowest BCUT2D eigenvalue weighted by Crippen LogP contribution is -2.40. The van der Waals surface area contributed by atoms with Crippen LogP contribution < -0.4 is 0 Å². The van der Waals surface area contributed by atoms with Crippen LogP contribution in [-0.4, -0.2) is 49.8 Å². The number of amides is 1. The van der Waals surface area contributed by atoms with Crippen molar-refractivity contribution in [2.75, 3.05) is 26.3 Å². The first-order chi connectivity index (χ1) is 15.5. The van der Waals surface area contributed by atoms with Crippen molar-refractivity contribution >= 4 is 15.9 Å². The van der Waals surface area contributed by atoms with Gasteiger partial charge in [-0.3, -0.25) is 4.79 Å². The van der Waals surface area contributed by atoms with Gasteiger partial charge in [0.2, 0.25) is 10.0 Å². The number of hydrogen-bond donors (Lipinski definition) is 0. The minimum Gasteiger partial charge on any atom is -0.379 e. The number of morpholine rings is 1. The molecule has 3 aromatic carbocycles. The number of carbonyl (C=O) groups is 1. The molecule has 0 spiro atoms. The van der Waals surface area contributed by atoms with E-state index in [1.54, 1.807) is 23.1 Å². The average Bonchev–Trinajstić information content (AvgIpc) is 3.01. The van der Waals surface area contributed by atoms with E-state index in [0.717, 1.165) is 22.3 Å². The third-order valence-corrected chi connectivity index (χ3v) is 7.92. The molecule has 7 heteroatoms. The summed E-state index contributed by atoms with van der Waals surface area (Å²) in [5.74, 6) is -0.185. The molecular formula is C25H24N2O4S. The second kappa shape index (κ2) is 8.50. The van der Waals surface area contributed by atoms with Gasteiger partial charge in [0.25, 0.3) is 5.91 Å². The molecule has 0 atom stereocenters. The molecular weight excluding hydrogens is 424 g/mol. The molecule has 2 aliphatic heterocycles. The zero-order chi connectivity index (χ0) is 22.1. The van der Waals surface area contributed by atoms with E-state index in [2.05, 4.69) is 12.1 Å². The topological polar surface area (TPSA) is 66.9 Å². The normalized spacial score (nSPS) is 16.7. The van der Waals surface area contributed by atoms with Gasteiger partial charge in [0.15, 0.2) is 0 Å². The lowest BCUT2D eigenvalue weighted by molar-refractivity contribution is 0.0726. The van der Waals surface area contributed by atoms with Crippen molar-refractivity contribution in [2.45, 2.75) is 18.0 Å². The Bertz CT molecular complexity index is 1220. The molecule has 6 nitrogen and oxygen atoms in total. The summed E-state index contributed by atoms with van der Waals surface area (Å²) in [6.45, 7) is 2.32. The molecule has 0 unspecified atom stereocenters. The van der Waals surface area contributed by atoms with Crippen molar-refractivity contribution in [3.63, 3.8) is 0 Å². The van der Waals surface area contributed by atoms with E-state index in [4.69, 9.17) is 4.74 Å². The van der Waals surface area contributed by atoms with Crippen LogP contribution in [0, 0.1) is 0 Å². The van der Waals surface area contributed by atoms with E-state index in [1.165, 1.54) is 10.4 Å². The lowest BCUT2D eigenvalue weighted by atomic mass is 9.97. The first-order valence-electron chi connectivity index (χ1n) is 10.7. The first kappa shape index (κ1) is 20.9. The average molecular weight is 449 g/mol. The molecule has 1 amide bonds. The van der Waals surface area contributed by atoms with Crippen LogP contribution in [0.5, 0.6) is 0 Å². The fourth-order valence-corrected chi connectivity index (χ4v) is 5.82. The van der Waals surface area contributed by atoms with Crippen LogP contribution in [0.15, 0.2) is 77.7 Å². The fraction of sp³-hybridized carbons (Fsp3) is 0.240. The molecule has 0 aromatic heterocycles. The number of hydrogen-bond acceptors (Lipinski definition) is 4. The summed E-state index contributed by atoms with van der Waals surface area (Å²) in [6.07, 6.45) is 0.